The summed E-state index contributed by atoms with van der Waals surface area (Å²) in [5, 5.41) is 21.0. The van der Waals surface area contributed by atoms with Crippen LogP contribution in [-0.2, 0) is 28.5 Å². The first-order chi connectivity index (χ1) is 14.8. The summed E-state index contributed by atoms with van der Waals surface area (Å²) in [7, 11) is 1.88. The molecule has 0 aliphatic heterocycles. The maximum absolute atomic E-state index is 12.7. The van der Waals surface area contributed by atoms with Gasteiger partial charge in [0.15, 0.2) is 0 Å². The van der Waals surface area contributed by atoms with Gasteiger partial charge in [0.2, 0.25) is 11.8 Å². The third kappa shape index (κ3) is 5.94. The zero-order valence-corrected chi connectivity index (χ0v) is 18.7. The summed E-state index contributed by atoms with van der Waals surface area (Å²) >= 11 is 0. The van der Waals surface area contributed by atoms with Crippen molar-refractivity contribution in [3.05, 3.63) is 53.3 Å². The quantitative estimate of drug-likeness (QED) is 0.591. The lowest BCUT2D eigenvalue weighted by molar-refractivity contribution is -0.121. The predicted octanol–water partition coefficient (Wildman–Crippen LogP) is 2.15. The summed E-state index contributed by atoms with van der Waals surface area (Å²) < 4.78 is 1.77. The molecule has 0 saturated heterocycles. The Labute approximate surface area is 184 Å². The number of aliphatic hydroxyl groups is 1. The number of hydrogen-bond acceptors (Lipinski definition) is 4. The highest BCUT2D eigenvalue weighted by Gasteiger charge is 2.38. The monoisotopic (exact) mass is 426 g/mol. The third-order valence-electron chi connectivity index (χ3n) is 6.45. The first-order valence-electron chi connectivity index (χ1n) is 11.1. The molecule has 0 bridgehead atoms. The second-order valence-corrected chi connectivity index (χ2v) is 8.79. The first kappa shape index (κ1) is 23.0. The summed E-state index contributed by atoms with van der Waals surface area (Å²) in [5.41, 5.74) is 2.94. The SMILES string of the molecule is CC(=O)N[C@H]1CC[C@](CNC(=O)CCc2cn(C)nc2C)(c2ccccc2)CC[C@@H]1O. The highest BCUT2D eigenvalue weighted by atomic mass is 16.3. The number of aryl methyl sites for hydroxylation is 3. The number of hydrogen-bond donors (Lipinski definition) is 3. The standard InChI is InChI=1S/C24H34N4O3/c1-17-19(15-28(3)27-17)9-10-23(31)25-16-24(20-7-5-4-6-8-20)13-11-21(26-18(2)29)22(30)12-14-24/h4-8,15,21-22,30H,9-14,16H2,1-3H3,(H,25,31)(H,26,29)/t21-,22-,24-/m0/s1. The average molecular weight is 427 g/mol. The zero-order valence-electron chi connectivity index (χ0n) is 18.7. The Morgan fingerprint density at radius 1 is 1.23 bits per heavy atom. The van der Waals surface area contributed by atoms with Gasteiger partial charge in [-0.3, -0.25) is 14.3 Å². The number of carbonyl (C=O) groups is 2. The molecule has 3 N–H and O–H groups in total. The van der Waals surface area contributed by atoms with E-state index >= 15 is 0 Å². The molecule has 1 aliphatic rings. The topological polar surface area (TPSA) is 96.3 Å². The van der Waals surface area contributed by atoms with E-state index in [1.165, 1.54) is 6.92 Å². The van der Waals surface area contributed by atoms with Crippen LogP contribution >= 0.6 is 0 Å². The van der Waals surface area contributed by atoms with Gasteiger partial charge < -0.3 is 15.7 Å². The van der Waals surface area contributed by atoms with E-state index < -0.39 is 6.10 Å². The van der Waals surface area contributed by atoms with Crippen LogP contribution in [0.2, 0.25) is 0 Å². The van der Waals surface area contributed by atoms with E-state index in [1.807, 2.05) is 38.4 Å². The number of amides is 2. The lowest BCUT2D eigenvalue weighted by atomic mass is 9.74. The van der Waals surface area contributed by atoms with E-state index in [2.05, 4.69) is 27.9 Å². The fourth-order valence-corrected chi connectivity index (χ4v) is 4.66. The van der Waals surface area contributed by atoms with Crippen molar-refractivity contribution in [2.45, 2.75) is 69.9 Å². The normalized spacial score (nSPS) is 23.7. The van der Waals surface area contributed by atoms with Gasteiger partial charge in [-0.05, 0) is 50.2 Å². The van der Waals surface area contributed by atoms with Crippen molar-refractivity contribution in [2.75, 3.05) is 6.54 Å². The molecule has 31 heavy (non-hydrogen) atoms. The van der Waals surface area contributed by atoms with Crippen molar-refractivity contribution in [3.63, 3.8) is 0 Å². The van der Waals surface area contributed by atoms with Crippen molar-refractivity contribution in [3.8, 4) is 0 Å². The lowest BCUT2D eigenvalue weighted by Crippen LogP contribution is -2.42. The van der Waals surface area contributed by atoms with Crippen LogP contribution in [0.4, 0.5) is 0 Å². The van der Waals surface area contributed by atoms with Crippen LogP contribution in [0.15, 0.2) is 36.5 Å². The molecule has 7 heteroatoms. The number of rotatable bonds is 7. The number of nitrogens with one attached hydrogen (secondary N) is 2. The van der Waals surface area contributed by atoms with Gasteiger partial charge in [-0.1, -0.05) is 30.3 Å². The van der Waals surface area contributed by atoms with Crippen molar-refractivity contribution in [2.24, 2.45) is 7.05 Å². The number of aliphatic hydroxyl groups excluding tert-OH is 1. The molecule has 2 amide bonds. The van der Waals surface area contributed by atoms with Gasteiger partial charge in [0.1, 0.15) is 0 Å². The maximum Gasteiger partial charge on any atom is 0.220 e. The molecular formula is C24H34N4O3. The summed E-state index contributed by atoms with van der Waals surface area (Å²) in [5.74, 6) is -0.114. The lowest BCUT2D eigenvalue weighted by Gasteiger charge is -2.34. The number of aromatic nitrogens is 2. The molecule has 3 atom stereocenters. The number of benzene rings is 1. The molecule has 1 aliphatic carbocycles. The maximum atomic E-state index is 12.7. The van der Waals surface area contributed by atoms with E-state index in [0.717, 1.165) is 29.7 Å². The highest BCUT2D eigenvalue weighted by molar-refractivity contribution is 5.76. The molecule has 0 spiro atoms. The Morgan fingerprint density at radius 3 is 2.58 bits per heavy atom. The number of nitrogens with zero attached hydrogens (tertiary/aromatic N) is 2. The summed E-state index contributed by atoms with van der Waals surface area (Å²) in [6.45, 7) is 3.95. The summed E-state index contributed by atoms with van der Waals surface area (Å²) in [6.07, 6.45) is 5.21. The van der Waals surface area contributed by atoms with Gasteiger partial charge in [-0.2, -0.15) is 5.10 Å². The van der Waals surface area contributed by atoms with Gasteiger partial charge in [0.05, 0.1) is 17.8 Å². The molecule has 3 rings (SSSR count). The Hall–Kier alpha value is -2.67. The Bertz CT molecular complexity index is 895. The molecule has 1 aromatic carbocycles. The smallest absolute Gasteiger partial charge is 0.220 e. The Morgan fingerprint density at radius 2 is 1.94 bits per heavy atom. The van der Waals surface area contributed by atoms with Crippen molar-refractivity contribution >= 4 is 11.8 Å². The van der Waals surface area contributed by atoms with E-state index in [0.29, 0.717) is 32.2 Å². The molecule has 168 valence electrons. The highest BCUT2D eigenvalue weighted by Crippen LogP contribution is 2.38. The first-order valence-corrected chi connectivity index (χ1v) is 11.1. The molecule has 0 radical (unpaired) electrons. The second kappa shape index (κ2) is 10.1. The average Bonchev–Trinajstić information content (AvgIpc) is 2.98. The Kier molecular flexibility index (Phi) is 7.49. The van der Waals surface area contributed by atoms with Gasteiger partial charge >= 0.3 is 0 Å². The molecule has 0 unspecified atom stereocenters. The van der Waals surface area contributed by atoms with Crippen LogP contribution in [-0.4, -0.2) is 45.4 Å². The van der Waals surface area contributed by atoms with Crippen LogP contribution in [0, 0.1) is 6.92 Å². The van der Waals surface area contributed by atoms with Crippen LogP contribution in [0.3, 0.4) is 0 Å². The molecule has 1 fully saturated rings. The van der Waals surface area contributed by atoms with Crippen LogP contribution in [0.25, 0.3) is 0 Å². The van der Waals surface area contributed by atoms with Crippen molar-refractivity contribution in [1.29, 1.82) is 0 Å². The van der Waals surface area contributed by atoms with Gasteiger partial charge in [0.25, 0.3) is 0 Å². The predicted molar refractivity (Wildman–Crippen MR) is 119 cm³/mol. The van der Waals surface area contributed by atoms with Crippen molar-refractivity contribution in [1.82, 2.24) is 20.4 Å². The van der Waals surface area contributed by atoms with Crippen LogP contribution in [0.5, 0.6) is 0 Å². The van der Waals surface area contributed by atoms with Gasteiger partial charge in [0, 0.05) is 38.5 Å². The van der Waals surface area contributed by atoms with Crippen LogP contribution < -0.4 is 10.6 Å². The fraction of sp³-hybridized carbons (Fsp3) is 0.542. The molecule has 1 aromatic heterocycles. The molecular weight excluding hydrogens is 392 g/mol. The molecule has 1 saturated carbocycles. The third-order valence-corrected chi connectivity index (χ3v) is 6.45. The Balaban J connectivity index is 1.69. The van der Waals surface area contributed by atoms with Gasteiger partial charge in [-0.15, -0.1) is 0 Å². The molecule has 2 aromatic rings. The largest absolute Gasteiger partial charge is 0.391 e. The van der Waals surface area contributed by atoms with Crippen LogP contribution in [0.1, 0.15) is 55.8 Å². The molecule has 7 nitrogen and oxygen atoms in total. The van der Waals surface area contributed by atoms with E-state index in [1.54, 1.807) is 4.68 Å². The zero-order chi connectivity index (χ0) is 22.4. The van der Waals surface area contributed by atoms with Gasteiger partial charge in [-0.25, -0.2) is 0 Å². The van der Waals surface area contributed by atoms with E-state index in [4.69, 9.17) is 0 Å². The second-order valence-electron chi connectivity index (χ2n) is 8.79. The fourth-order valence-electron chi connectivity index (χ4n) is 4.66. The minimum atomic E-state index is -0.584. The van der Waals surface area contributed by atoms with E-state index in [-0.39, 0.29) is 23.3 Å². The van der Waals surface area contributed by atoms with Crippen molar-refractivity contribution < 1.29 is 14.7 Å². The van der Waals surface area contributed by atoms with E-state index in [9.17, 15) is 14.7 Å². The number of carbonyl (C=O) groups excluding carboxylic acids is 2. The minimum Gasteiger partial charge on any atom is -0.391 e. The minimum absolute atomic E-state index is 0.0155. The summed E-state index contributed by atoms with van der Waals surface area (Å²) in [4.78, 5) is 24.2. The molecule has 1 heterocycles. The summed E-state index contributed by atoms with van der Waals surface area (Å²) in [6, 6.07) is 9.93.